The molecule has 100 valence electrons. The molecule has 0 spiro atoms. The Morgan fingerprint density at radius 1 is 1.16 bits per heavy atom. The van der Waals surface area contributed by atoms with Gasteiger partial charge in [-0.25, -0.2) is 4.98 Å². The van der Waals surface area contributed by atoms with Crippen molar-refractivity contribution in [2.75, 3.05) is 0 Å². The van der Waals surface area contributed by atoms with Crippen LogP contribution in [0.3, 0.4) is 0 Å². The van der Waals surface area contributed by atoms with Gasteiger partial charge in [-0.05, 0) is 22.0 Å². The SMILES string of the molecule is CC(C)(C)c1nc(Cl)cc(Oc2cncc(Br)c2)n1. The van der Waals surface area contributed by atoms with Crippen LogP contribution >= 0.6 is 27.5 Å². The van der Waals surface area contributed by atoms with Gasteiger partial charge in [0.15, 0.2) is 0 Å². The number of aromatic nitrogens is 3. The van der Waals surface area contributed by atoms with Crippen molar-refractivity contribution >= 4 is 27.5 Å². The summed E-state index contributed by atoms with van der Waals surface area (Å²) in [7, 11) is 0. The summed E-state index contributed by atoms with van der Waals surface area (Å²) in [5.74, 6) is 1.63. The highest BCUT2D eigenvalue weighted by atomic mass is 79.9. The van der Waals surface area contributed by atoms with Gasteiger partial charge in [0.1, 0.15) is 16.7 Å². The van der Waals surface area contributed by atoms with Crippen LogP contribution in [0.25, 0.3) is 0 Å². The zero-order valence-electron chi connectivity index (χ0n) is 10.8. The first-order valence-electron chi connectivity index (χ1n) is 5.68. The van der Waals surface area contributed by atoms with E-state index < -0.39 is 0 Å². The van der Waals surface area contributed by atoms with Crippen molar-refractivity contribution in [3.05, 3.63) is 40.0 Å². The van der Waals surface area contributed by atoms with Crippen LogP contribution in [0.5, 0.6) is 11.6 Å². The molecule has 0 saturated carbocycles. The number of rotatable bonds is 2. The van der Waals surface area contributed by atoms with Gasteiger partial charge in [0.2, 0.25) is 5.88 Å². The first kappa shape index (κ1) is 14.2. The molecule has 0 atom stereocenters. The van der Waals surface area contributed by atoms with E-state index in [2.05, 4.69) is 30.9 Å². The number of hydrogen-bond acceptors (Lipinski definition) is 4. The van der Waals surface area contributed by atoms with E-state index in [1.807, 2.05) is 20.8 Å². The van der Waals surface area contributed by atoms with Gasteiger partial charge in [-0.15, -0.1) is 0 Å². The lowest BCUT2D eigenvalue weighted by molar-refractivity contribution is 0.444. The Bertz CT molecular complexity index is 599. The van der Waals surface area contributed by atoms with E-state index in [-0.39, 0.29) is 5.41 Å². The molecule has 2 heterocycles. The molecule has 0 aliphatic carbocycles. The summed E-state index contributed by atoms with van der Waals surface area (Å²) < 4.78 is 6.48. The molecule has 0 radical (unpaired) electrons. The Balaban J connectivity index is 2.33. The summed E-state index contributed by atoms with van der Waals surface area (Å²) in [5, 5.41) is 0.359. The molecule has 0 saturated heterocycles. The van der Waals surface area contributed by atoms with E-state index in [0.29, 0.717) is 22.6 Å². The van der Waals surface area contributed by atoms with E-state index in [9.17, 15) is 0 Å². The van der Waals surface area contributed by atoms with E-state index in [0.717, 1.165) is 4.47 Å². The predicted octanol–water partition coefficient (Wildman–Crippen LogP) is 4.38. The molecule has 4 nitrogen and oxygen atoms in total. The maximum absolute atomic E-state index is 6.00. The van der Waals surface area contributed by atoms with Gasteiger partial charge in [0, 0.05) is 22.2 Å². The summed E-state index contributed by atoms with van der Waals surface area (Å²) in [6.45, 7) is 6.05. The van der Waals surface area contributed by atoms with Gasteiger partial charge < -0.3 is 4.74 Å². The van der Waals surface area contributed by atoms with Crippen LogP contribution in [0.2, 0.25) is 5.15 Å². The van der Waals surface area contributed by atoms with Crippen LogP contribution in [-0.2, 0) is 5.41 Å². The van der Waals surface area contributed by atoms with Crippen molar-refractivity contribution in [1.29, 1.82) is 0 Å². The molecule has 0 bridgehead atoms. The van der Waals surface area contributed by atoms with Crippen LogP contribution < -0.4 is 4.74 Å². The minimum atomic E-state index is -0.196. The number of pyridine rings is 1. The molecule has 0 aromatic carbocycles. The van der Waals surface area contributed by atoms with E-state index in [1.54, 1.807) is 24.5 Å². The van der Waals surface area contributed by atoms with Gasteiger partial charge in [0.05, 0.1) is 6.20 Å². The first-order valence-corrected chi connectivity index (χ1v) is 6.85. The van der Waals surface area contributed by atoms with Crippen molar-refractivity contribution < 1.29 is 4.74 Å². The standard InChI is InChI=1S/C13H13BrClN3O/c1-13(2,3)12-17-10(15)5-11(18-12)19-9-4-8(14)6-16-7-9/h4-7H,1-3H3. The zero-order chi connectivity index (χ0) is 14.0. The van der Waals surface area contributed by atoms with Crippen LogP contribution in [0.1, 0.15) is 26.6 Å². The van der Waals surface area contributed by atoms with Crippen molar-refractivity contribution in [3.8, 4) is 11.6 Å². The van der Waals surface area contributed by atoms with Gasteiger partial charge in [-0.3, -0.25) is 4.98 Å². The highest BCUT2D eigenvalue weighted by Crippen LogP contribution is 2.27. The average molecular weight is 343 g/mol. The Hall–Kier alpha value is -1.20. The number of halogens is 2. The summed E-state index contributed by atoms with van der Waals surface area (Å²) in [6.07, 6.45) is 3.29. The molecule has 0 unspecified atom stereocenters. The highest BCUT2D eigenvalue weighted by molar-refractivity contribution is 9.10. The fraction of sp³-hybridized carbons (Fsp3) is 0.308. The molecule has 0 fully saturated rings. The smallest absolute Gasteiger partial charge is 0.224 e. The lowest BCUT2D eigenvalue weighted by Crippen LogP contribution is -2.16. The molecule has 2 aromatic heterocycles. The first-order chi connectivity index (χ1) is 8.84. The summed E-state index contributed by atoms with van der Waals surface area (Å²) in [6, 6.07) is 3.39. The van der Waals surface area contributed by atoms with Gasteiger partial charge >= 0.3 is 0 Å². The molecular weight excluding hydrogens is 330 g/mol. The maximum atomic E-state index is 6.00. The normalized spacial score (nSPS) is 11.4. The van der Waals surface area contributed by atoms with Gasteiger partial charge in [0.25, 0.3) is 0 Å². The van der Waals surface area contributed by atoms with Gasteiger partial charge in [-0.1, -0.05) is 32.4 Å². The molecular formula is C13H13BrClN3O. The largest absolute Gasteiger partial charge is 0.437 e. The zero-order valence-corrected chi connectivity index (χ0v) is 13.2. The lowest BCUT2D eigenvalue weighted by Gasteiger charge is -2.17. The monoisotopic (exact) mass is 341 g/mol. The summed E-state index contributed by atoms with van der Waals surface area (Å²) in [5.41, 5.74) is -0.196. The lowest BCUT2D eigenvalue weighted by atomic mass is 9.96. The minimum Gasteiger partial charge on any atom is -0.437 e. The third kappa shape index (κ3) is 3.88. The fourth-order valence-electron chi connectivity index (χ4n) is 1.35. The Labute approximate surface area is 125 Å². The number of hydrogen-bond donors (Lipinski definition) is 0. The molecule has 0 N–H and O–H groups in total. The van der Waals surface area contributed by atoms with Crippen molar-refractivity contribution in [2.45, 2.75) is 26.2 Å². The molecule has 2 aromatic rings. The van der Waals surface area contributed by atoms with Gasteiger partial charge in [-0.2, -0.15) is 4.98 Å². The average Bonchev–Trinajstić information content (AvgIpc) is 2.26. The fourth-order valence-corrected chi connectivity index (χ4v) is 1.87. The number of ether oxygens (including phenoxy) is 1. The van der Waals surface area contributed by atoms with Crippen molar-refractivity contribution in [2.24, 2.45) is 0 Å². The molecule has 6 heteroatoms. The van der Waals surface area contributed by atoms with Crippen LogP contribution in [0.15, 0.2) is 29.0 Å². The molecule has 19 heavy (non-hydrogen) atoms. The second-order valence-electron chi connectivity index (χ2n) is 5.04. The molecule has 0 aliphatic rings. The van der Waals surface area contributed by atoms with Crippen LogP contribution in [-0.4, -0.2) is 15.0 Å². The number of nitrogens with zero attached hydrogens (tertiary/aromatic N) is 3. The van der Waals surface area contributed by atoms with Crippen LogP contribution in [0.4, 0.5) is 0 Å². The molecule has 0 amide bonds. The molecule has 0 aliphatic heterocycles. The topological polar surface area (TPSA) is 47.9 Å². The Morgan fingerprint density at radius 2 is 1.89 bits per heavy atom. The van der Waals surface area contributed by atoms with Crippen molar-refractivity contribution in [1.82, 2.24) is 15.0 Å². The van der Waals surface area contributed by atoms with Crippen LogP contribution in [0, 0.1) is 0 Å². The summed E-state index contributed by atoms with van der Waals surface area (Å²) >= 11 is 9.33. The summed E-state index contributed by atoms with van der Waals surface area (Å²) in [4.78, 5) is 12.6. The minimum absolute atomic E-state index is 0.196. The maximum Gasteiger partial charge on any atom is 0.224 e. The van der Waals surface area contributed by atoms with Crippen molar-refractivity contribution in [3.63, 3.8) is 0 Å². The molecule has 2 rings (SSSR count). The Kier molecular flexibility index (Phi) is 4.06. The second-order valence-corrected chi connectivity index (χ2v) is 6.35. The second kappa shape index (κ2) is 5.43. The third-order valence-corrected chi connectivity index (χ3v) is 2.87. The highest BCUT2D eigenvalue weighted by Gasteiger charge is 2.19. The van der Waals surface area contributed by atoms with E-state index in [1.165, 1.54) is 0 Å². The van der Waals surface area contributed by atoms with E-state index in [4.69, 9.17) is 16.3 Å². The third-order valence-electron chi connectivity index (χ3n) is 2.24. The quantitative estimate of drug-likeness (QED) is 0.760. The van der Waals surface area contributed by atoms with E-state index >= 15 is 0 Å². The Morgan fingerprint density at radius 3 is 2.53 bits per heavy atom. The predicted molar refractivity (Wildman–Crippen MR) is 77.8 cm³/mol.